The molecule has 1 rings (SSSR count). The first-order valence-corrected chi connectivity index (χ1v) is 11.4. The Hall–Kier alpha value is 0.310. The van der Waals surface area contributed by atoms with Crippen LogP contribution >= 0.6 is 11.8 Å². The van der Waals surface area contributed by atoms with Gasteiger partial charge in [0.05, 0.1) is 19.6 Å². The Morgan fingerprint density at radius 2 is 1.18 bits per heavy atom. The first-order chi connectivity index (χ1) is 10.8. The SMILES string of the molecule is CCCCCCCC[N+]1(CCCCCCCC)CCCSC1. The Labute approximate surface area is 145 Å². The van der Waals surface area contributed by atoms with Gasteiger partial charge in [0, 0.05) is 12.2 Å². The fourth-order valence-electron chi connectivity index (χ4n) is 3.74. The average Bonchev–Trinajstić information content (AvgIpc) is 2.55. The molecule has 0 aromatic carbocycles. The zero-order valence-corrected chi connectivity index (χ0v) is 16.4. The van der Waals surface area contributed by atoms with Crippen molar-refractivity contribution in [3.05, 3.63) is 0 Å². The molecule has 132 valence electrons. The maximum Gasteiger partial charge on any atom is 0.125 e. The quantitative estimate of drug-likeness (QED) is 0.255. The van der Waals surface area contributed by atoms with Gasteiger partial charge in [0.25, 0.3) is 0 Å². The number of thioether (sulfide) groups is 1. The van der Waals surface area contributed by atoms with E-state index in [0.29, 0.717) is 0 Å². The lowest BCUT2D eigenvalue weighted by Crippen LogP contribution is -2.51. The van der Waals surface area contributed by atoms with Crippen molar-refractivity contribution in [1.82, 2.24) is 0 Å². The summed E-state index contributed by atoms with van der Waals surface area (Å²) < 4.78 is 1.45. The molecule has 0 aromatic heterocycles. The molecule has 1 aliphatic heterocycles. The van der Waals surface area contributed by atoms with Crippen molar-refractivity contribution >= 4 is 11.8 Å². The van der Waals surface area contributed by atoms with E-state index in [1.165, 1.54) is 119 Å². The molecule has 1 saturated heterocycles. The average molecular weight is 329 g/mol. The summed E-state index contributed by atoms with van der Waals surface area (Å²) in [7, 11) is 0. The number of quaternary nitrogens is 1. The van der Waals surface area contributed by atoms with Gasteiger partial charge >= 0.3 is 0 Å². The second-order valence-electron chi connectivity index (χ2n) is 7.44. The molecular formula is C20H42NS+. The van der Waals surface area contributed by atoms with Crippen LogP contribution in [0, 0.1) is 0 Å². The van der Waals surface area contributed by atoms with Crippen molar-refractivity contribution < 1.29 is 4.48 Å². The molecule has 0 spiro atoms. The lowest BCUT2D eigenvalue weighted by Gasteiger charge is -2.41. The van der Waals surface area contributed by atoms with Gasteiger partial charge in [0.1, 0.15) is 5.88 Å². The molecule has 1 nitrogen and oxygen atoms in total. The molecule has 1 fully saturated rings. The van der Waals surface area contributed by atoms with Gasteiger partial charge in [-0.3, -0.25) is 0 Å². The number of nitrogens with zero attached hydrogens (tertiary/aromatic N) is 1. The highest BCUT2D eigenvalue weighted by atomic mass is 32.2. The third-order valence-electron chi connectivity index (χ3n) is 5.26. The number of unbranched alkanes of at least 4 members (excludes halogenated alkanes) is 10. The first kappa shape index (κ1) is 20.4. The van der Waals surface area contributed by atoms with Gasteiger partial charge in [0.2, 0.25) is 0 Å². The maximum atomic E-state index is 2.31. The molecular weight excluding hydrogens is 286 g/mol. The van der Waals surface area contributed by atoms with Gasteiger partial charge in [-0.15, -0.1) is 11.8 Å². The van der Waals surface area contributed by atoms with E-state index >= 15 is 0 Å². The van der Waals surface area contributed by atoms with Crippen LogP contribution in [0.2, 0.25) is 0 Å². The van der Waals surface area contributed by atoms with Crippen molar-refractivity contribution in [3.63, 3.8) is 0 Å². The van der Waals surface area contributed by atoms with Crippen LogP contribution in [0.5, 0.6) is 0 Å². The van der Waals surface area contributed by atoms with E-state index in [1.54, 1.807) is 0 Å². The Bertz CT molecular complexity index is 218. The lowest BCUT2D eigenvalue weighted by molar-refractivity contribution is -0.918. The van der Waals surface area contributed by atoms with Gasteiger partial charge in [0.15, 0.2) is 0 Å². The summed E-state index contributed by atoms with van der Waals surface area (Å²) in [5.41, 5.74) is 0. The molecule has 0 atom stereocenters. The van der Waals surface area contributed by atoms with Gasteiger partial charge < -0.3 is 4.48 Å². The van der Waals surface area contributed by atoms with Crippen LogP contribution in [0.3, 0.4) is 0 Å². The molecule has 0 saturated carbocycles. The Balaban J connectivity index is 2.17. The minimum atomic E-state index is 1.37. The Morgan fingerprint density at radius 3 is 1.64 bits per heavy atom. The van der Waals surface area contributed by atoms with Crippen molar-refractivity contribution in [2.24, 2.45) is 0 Å². The van der Waals surface area contributed by atoms with Crippen LogP contribution < -0.4 is 0 Å². The van der Waals surface area contributed by atoms with E-state index < -0.39 is 0 Å². The zero-order chi connectivity index (χ0) is 15.9. The smallest absolute Gasteiger partial charge is 0.125 e. The molecule has 22 heavy (non-hydrogen) atoms. The van der Waals surface area contributed by atoms with Crippen LogP contribution in [-0.2, 0) is 0 Å². The zero-order valence-electron chi connectivity index (χ0n) is 15.6. The second kappa shape index (κ2) is 13.7. The lowest BCUT2D eigenvalue weighted by atomic mass is 10.1. The van der Waals surface area contributed by atoms with Crippen LogP contribution in [0.1, 0.15) is 97.3 Å². The van der Waals surface area contributed by atoms with Gasteiger partial charge in [-0.2, -0.15) is 0 Å². The predicted octanol–water partition coefficient (Wildman–Crippen LogP) is 6.62. The van der Waals surface area contributed by atoms with Crippen LogP contribution in [0.4, 0.5) is 0 Å². The minimum Gasteiger partial charge on any atom is -0.315 e. The molecule has 0 N–H and O–H groups in total. The number of hydrogen-bond donors (Lipinski definition) is 0. The van der Waals surface area contributed by atoms with Crippen molar-refractivity contribution in [2.75, 3.05) is 31.3 Å². The highest BCUT2D eigenvalue weighted by Crippen LogP contribution is 2.25. The summed E-state index contributed by atoms with van der Waals surface area (Å²) in [6.07, 6.45) is 18.8. The molecule has 0 bridgehead atoms. The third-order valence-corrected chi connectivity index (χ3v) is 6.57. The Morgan fingerprint density at radius 1 is 0.682 bits per heavy atom. The monoisotopic (exact) mass is 328 g/mol. The standard InChI is InChI=1S/C20H42NS/c1-3-5-7-9-11-13-16-21(18-15-19-22-20-21)17-14-12-10-8-6-4-2/h3-20H2,1-2H3/q+1. The van der Waals surface area contributed by atoms with Crippen LogP contribution in [0.25, 0.3) is 0 Å². The summed E-state index contributed by atoms with van der Waals surface area (Å²) in [4.78, 5) is 0. The van der Waals surface area contributed by atoms with Crippen molar-refractivity contribution in [1.29, 1.82) is 0 Å². The van der Waals surface area contributed by atoms with E-state index in [0.717, 1.165) is 0 Å². The third kappa shape index (κ3) is 9.45. The normalized spacial score (nSPS) is 17.7. The fourth-order valence-corrected chi connectivity index (χ4v) is 4.98. The van der Waals surface area contributed by atoms with E-state index in [2.05, 4.69) is 25.6 Å². The molecule has 2 heteroatoms. The van der Waals surface area contributed by atoms with Gasteiger partial charge in [-0.1, -0.05) is 65.2 Å². The topological polar surface area (TPSA) is 0 Å². The summed E-state index contributed by atoms with van der Waals surface area (Å²) in [6.45, 7) is 9.02. The molecule has 1 aliphatic rings. The second-order valence-corrected chi connectivity index (χ2v) is 8.51. The molecule has 0 radical (unpaired) electrons. The summed E-state index contributed by atoms with van der Waals surface area (Å²) in [5, 5.41) is 0. The largest absolute Gasteiger partial charge is 0.315 e. The number of rotatable bonds is 14. The minimum absolute atomic E-state index is 1.37. The summed E-state index contributed by atoms with van der Waals surface area (Å²) in [5.74, 6) is 2.82. The maximum absolute atomic E-state index is 2.31. The first-order valence-electron chi connectivity index (χ1n) is 10.3. The van der Waals surface area contributed by atoms with E-state index in [-0.39, 0.29) is 0 Å². The van der Waals surface area contributed by atoms with Gasteiger partial charge in [-0.05, 0) is 25.7 Å². The predicted molar refractivity (Wildman–Crippen MR) is 104 cm³/mol. The molecule has 0 aromatic rings. The highest BCUT2D eigenvalue weighted by molar-refractivity contribution is 7.99. The molecule has 1 heterocycles. The van der Waals surface area contributed by atoms with Crippen molar-refractivity contribution in [2.45, 2.75) is 97.3 Å². The van der Waals surface area contributed by atoms with E-state index in [4.69, 9.17) is 0 Å². The van der Waals surface area contributed by atoms with Crippen LogP contribution in [0.15, 0.2) is 0 Å². The van der Waals surface area contributed by atoms with E-state index in [1.807, 2.05) is 0 Å². The van der Waals surface area contributed by atoms with Crippen LogP contribution in [-0.4, -0.2) is 35.7 Å². The fraction of sp³-hybridized carbons (Fsp3) is 1.00. The highest BCUT2D eigenvalue weighted by Gasteiger charge is 2.28. The van der Waals surface area contributed by atoms with Gasteiger partial charge in [-0.25, -0.2) is 0 Å². The Kier molecular flexibility index (Phi) is 12.7. The molecule has 0 unspecified atom stereocenters. The molecule has 0 aliphatic carbocycles. The summed E-state index contributed by atoms with van der Waals surface area (Å²) >= 11 is 2.22. The number of hydrogen-bond acceptors (Lipinski definition) is 1. The summed E-state index contributed by atoms with van der Waals surface area (Å²) in [6, 6.07) is 0. The molecule has 0 amide bonds. The van der Waals surface area contributed by atoms with E-state index in [9.17, 15) is 0 Å². The van der Waals surface area contributed by atoms with Crippen molar-refractivity contribution in [3.8, 4) is 0 Å².